The summed E-state index contributed by atoms with van der Waals surface area (Å²) in [5.74, 6) is 2.14. The molecule has 2 bridgehead atoms. The van der Waals surface area contributed by atoms with Crippen LogP contribution in [0.2, 0.25) is 0 Å². The van der Waals surface area contributed by atoms with Crippen LogP contribution in [0.1, 0.15) is 49.7 Å². The first-order valence-electron chi connectivity index (χ1n) is 22.3. The van der Waals surface area contributed by atoms with Crippen molar-refractivity contribution >= 4 is 0 Å². The molecule has 2 saturated carbocycles. The molecule has 1 saturated heterocycles. The van der Waals surface area contributed by atoms with Crippen LogP contribution in [-0.2, 0) is 68.7 Å². The molecule has 1 N–H and O–H groups in total. The molecule has 6 rings (SSSR count). The Labute approximate surface area is 356 Å². The summed E-state index contributed by atoms with van der Waals surface area (Å²) in [6.07, 6.45) is 6.45. The van der Waals surface area contributed by atoms with Gasteiger partial charge in [0.25, 0.3) is 0 Å². The summed E-state index contributed by atoms with van der Waals surface area (Å²) in [6, 6.07) is 4.25. The van der Waals surface area contributed by atoms with Crippen LogP contribution >= 0.6 is 0 Å². The van der Waals surface area contributed by atoms with Gasteiger partial charge in [0.2, 0.25) is 0 Å². The van der Waals surface area contributed by atoms with E-state index in [1.165, 1.54) is 24.8 Å². The molecule has 5 atom stereocenters. The number of rotatable bonds is 36. The molecule has 5 aliphatic rings. The topological polar surface area (TPSA) is 153 Å². The summed E-state index contributed by atoms with van der Waals surface area (Å²) in [5, 5.41) is 12.9. The molecule has 3 fully saturated rings. The van der Waals surface area contributed by atoms with Gasteiger partial charge in [-0.2, -0.15) is 0 Å². The third-order valence-electron chi connectivity index (χ3n) is 12.5. The molecule has 1 aromatic carbocycles. The number of likely N-dealkylation sites (tertiary alicyclic amines) is 1. The summed E-state index contributed by atoms with van der Waals surface area (Å²) in [6.45, 7) is 12.2. The van der Waals surface area contributed by atoms with Gasteiger partial charge >= 0.3 is 0 Å². The maximum Gasteiger partial charge on any atom is 0.189 e. The molecule has 1 aromatic rings. The fourth-order valence-electron chi connectivity index (χ4n) is 9.43. The molecule has 0 radical (unpaired) electrons. The van der Waals surface area contributed by atoms with Crippen molar-refractivity contribution in [2.45, 2.75) is 74.2 Å². The minimum Gasteiger partial charge on any atom is -0.482 e. The van der Waals surface area contributed by atoms with E-state index in [4.69, 9.17) is 66.3 Å². The predicted octanol–water partition coefficient (Wildman–Crippen LogP) is 2.80. The number of ether oxygens (including phenoxy) is 14. The number of aliphatic hydroxyl groups is 1. The Morgan fingerprint density at radius 1 is 0.633 bits per heavy atom. The fraction of sp³-hybridized carbons (Fsp3) is 0.864. The van der Waals surface area contributed by atoms with Crippen molar-refractivity contribution in [3.8, 4) is 11.5 Å². The molecule has 344 valence electrons. The van der Waals surface area contributed by atoms with Crippen LogP contribution in [0.25, 0.3) is 0 Å². The molecular weight excluding hydrogens is 782 g/mol. The van der Waals surface area contributed by atoms with E-state index >= 15 is 0 Å². The highest BCUT2D eigenvalue weighted by Gasteiger charge is 2.73. The van der Waals surface area contributed by atoms with Gasteiger partial charge in [0.15, 0.2) is 18.3 Å². The van der Waals surface area contributed by atoms with Gasteiger partial charge in [0.1, 0.15) is 6.10 Å². The molecule has 1 spiro atoms. The van der Waals surface area contributed by atoms with E-state index in [1.54, 1.807) is 14.2 Å². The second kappa shape index (κ2) is 26.1. The number of benzene rings is 1. The average molecular weight is 856 g/mol. The van der Waals surface area contributed by atoms with Gasteiger partial charge in [0.05, 0.1) is 149 Å². The molecule has 3 aliphatic carbocycles. The molecule has 1 unspecified atom stereocenters. The quantitative estimate of drug-likeness (QED) is 0.0778. The van der Waals surface area contributed by atoms with Gasteiger partial charge in [-0.05, 0) is 62.6 Å². The highest BCUT2D eigenvalue weighted by Crippen LogP contribution is 2.66. The van der Waals surface area contributed by atoms with Gasteiger partial charge in [-0.1, -0.05) is 12.5 Å². The number of methoxy groups -OCH3 is 2. The lowest BCUT2D eigenvalue weighted by atomic mass is 9.48. The van der Waals surface area contributed by atoms with Crippen molar-refractivity contribution in [3.05, 3.63) is 23.3 Å². The Kier molecular flexibility index (Phi) is 20.8. The number of hydrogen-bond donors (Lipinski definition) is 1. The maximum absolute atomic E-state index is 12.9. The van der Waals surface area contributed by atoms with E-state index in [1.807, 2.05) is 6.07 Å². The largest absolute Gasteiger partial charge is 0.482 e. The highest BCUT2D eigenvalue weighted by atomic mass is 16.7. The van der Waals surface area contributed by atoms with E-state index < -0.39 is 11.0 Å². The van der Waals surface area contributed by atoms with Crippen LogP contribution in [0, 0.1) is 5.92 Å². The second-order valence-electron chi connectivity index (χ2n) is 16.1. The first-order valence-corrected chi connectivity index (χ1v) is 22.3. The van der Waals surface area contributed by atoms with Crippen LogP contribution in [0.15, 0.2) is 12.1 Å². The lowest BCUT2D eigenvalue weighted by Crippen LogP contribution is -2.77. The molecule has 2 heterocycles. The number of hydrogen-bond acceptors (Lipinski definition) is 16. The van der Waals surface area contributed by atoms with E-state index in [-0.39, 0.29) is 25.0 Å². The zero-order valence-corrected chi connectivity index (χ0v) is 36.3. The summed E-state index contributed by atoms with van der Waals surface area (Å²) < 4.78 is 79.8. The van der Waals surface area contributed by atoms with Gasteiger partial charge in [-0.15, -0.1) is 0 Å². The molecule has 2 aliphatic heterocycles. The Bertz CT molecular complexity index is 1340. The number of nitrogens with zero attached hydrogens (tertiary/aromatic N) is 1. The first kappa shape index (κ1) is 47.7. The zero-order valence-electron chi connectivity index (χ0n) is 36.3. The van der Waals surface area contributed by atoms with Crippen molar-refractivity contribution in [2.75, 3.05) is 166 Å². The van der Waals surface area contributed by atoms with Crippen molar-refractivity contribution in [1.29, 1.82) is 0 Å². The van der Waals surface area contributed by atoms with Gasteiger partial charge in [0, 0.05) is 32.4 Å². The lowest BCUT2D eigenvalue weighted by molar-refractivity contribution is -0.218. The highest BCUT2D eigenvalue weighted by molar-refractivity contribution is 5.63. The van der Waals surface area contributed by atoms with E-state index in [2.05, 4.69) is 11.0 Å². The first-order chi connectivity index (χ1) is 29.6. The summed E-state index contributed by atoms with van der Waals surface area (Å²) in [4.78, 5) is 2.60. The van der Waals surface area contributed by atoms with Crippen molar-refractivity contribution < 1.29 is 71.4 Å². The van der Waals surface area contributed by atoms with Crippen LogP contribution in [-0.4, -0.2) is 200 Å². The second-order valence-corrected chi connectivity index (χ2v) is 16.1. The van der Waals surface area contributed by atoms with Crippen LogP contribution in [0.5, 0.6) is 11.5 Å². The molecule has 60 heavy (non-hydrogen) atoms. The molecular formula is C44H73NO15. The smallest absolute Gasteiger partial charge is 0.189 e. The SMILES string of the molecule is COCCOCCOCCOCCOCCOCCOCCOCCOCCO[C@H]1CC[C@@]2(O)[C@H]3Cc4ccc(OCOCCOC)c5c4[C@@]2(CCN3CC2CCC2)C1O5. The monoisotopic (exact) mass is 855 g/mol. The van der Waals surface area contributed by atoms with Gasteiger partial charge in [-0.3, -0.25) is 4.90 Å². The predicted molar refractivity (Wildman–Crippen MR) is 219 cm³/mol. The van der Waals surface area contributed by atoms with Crippen molar-refractivity contribution in [1.82, 2.24) is 4.90 Å². The van der Waals surface area contributed by atoms with E-state index in [0.717, 1.165) is 49.6 Å². The lowest BCUT2D eigenvalue weighted by Gasteiger charge is -2.64. The van der Waals surface area contributed by atoms with E-state index in [0.29, 0.717) is 144 Å². The standard InChI is InChI=1S/C44H73NO15/c1-47-12-14-49-16-17-50-18-19-51-20-21-52-22-23-53-24-25-54-26-27-55-28-29-56-30-31-58-38-8-9-44(46)39-32-36-6-7-37(59-34-57-15-13-48-2)41-40(36)43(44,42(38)60-41)10-11-45(39)33-35-4-3-5-35/h6-7,35,38-39,42,46H,3-5,8-34H2,1-2H3/t38-,39+,42?,43-,44+/m0/s1. The maximum atomic E-state index is 12.9. The van der Waals surface area contributed by atoms with Gasteiger partial charge in [-0.25, -0.2) is 0 Å². The average Bonchev–Trinajstić information content (AvgIpc) is 3.59. The molecule has 16 heteroatoms. The van der Waals surface area contributed by atoms with Crippen LogP contribution in [0.3, 0.4) is 0 Å². The third kappa shape index (κ3) is 12.7. The summed E-state index contributed by atoms with van der Waals surface area (Å²) in [5.41, 5.74) is 0.922. The summed E-state index contributed by atoms with van der Waals surface area (Å²) >= 11 is 0. The Hall–Kier alpha value is -1.74. The van der Waals surface area contributed by atoms with E-state index in [9.17, 15) is 5.11 Å². The van der Waals surface area contributed by atoms with Gasteiger partial charge < -0.3 is 71.4 Å². The van der Waals surface area contributed by atoms with Crippen molar-refractivity contribution in [2.24, 2.45) is 5.92 Å². The summed E-state index contributed by atoms with van der Waals surface area (Å²) in [7, 11) is 3.30. The molecule has 0 aromatic heterocycles. The fourth-order valence-corrected chi connectivity index (χ4v) is 9.43. The Balaban J connectivity index is 0.810. The minimum absolute atomic E-state index is 0.0613. The molecule has 0 amide bonds. The van der Waals surface area contributed by atoms with Crippen LogP contribution in [0.4, 0.5) is 0 Å². The third-order valence-corrected chi connectivity index (χ3v) is 12.5. The van der Waals surface area contributed by atoms with Crippen LogP contribution < -0.4 is 9.47 Å². The number of piperidine rings is 1. The minimum atomic E-state index is -0.903. The Morgan fingerprint density at radius 2 is 1.15 bits per heavy atom. The normalized spacial score (nSPS) is 25.6. The Morgan fingerprint density at radius 3 is 1.67 bits per heavy atom. The molecule has 16 nitrogen and oxygen atoms in total. The van der Waals surface area contributed by atoms with Crippen molar-refractivity contribution in [3.63, 3.8) is 0 Å². The zero-order chi connectivity index (χ0) is 41.7.